The highest BCUT2D eigenvalue weighted by atomic mass is 79.9. The van der Waals surface area contributed by atoms with Crippen molar-refractivity contribution in [1.82, 2.24) is 5.32 Å². The third-order valence-corrected chi connectivity index (χ3v) is 3.89. The molecule has 1 aromatic carbocycles. The van der Waals surface area contributed by atoms with Gasteiger partial charge in [0.15, 0.2) is 0 Å². The smallest absolute Gasteiger partial charge is 0.319 e. The van der Waals surface area contributed by atoms with Gasteiger partial charge in [0.25, 0.3) is 0 Å². The van der Waals surface area contributed by atoms with Crippen LogP contribution >= 0.6 is 15.9 Å². The van der Waals surface area contributed by atoms with Crippen LogP contribution in [0.5, 0.6) is 0 Å². The van der Waals surface area contributed by atoms with E-state index in [-0.39, 0.29) is 17.9 Å². The number of benzene rings is 1. The number of hydrogen-bond donors (Lipinski definition) is 2. The summed E-state index contributed by atoms with van der Waals surface area (Å²) in [6.45, 7) is 1.64. The van der Waals surface area contributed by atoms with Crippen LogP contribution in [0.4, 0.5) is 14.9 Å². The molecule has 1 fully saturated rings. The number of amides is 2. The Balaban J connectivity index is 2.00. The van der Waals surface area contributed by atoms with E-state index in [1.165, 1.54) is 0 Å². The molecule has 0 aliphatic heterocycles. The van der Waals surface area contributed by atoms with Crippen LogP contribution < -0.4 is 10.6 Å². The van der Waals surface area contributed by atoms with E-state index >= 15 is 0 Å². The van der Waals surface area contributed by atoms with Gasteiger partial charge in [0.1, 0.15) is 5.82 Å². The Morgan fingerprint density at radius 2 is 2.06 bits per heavy atom. The van der Waals surface area contributed by atoms with Crippen molar-refractivity contribution in [3.63, 3.8) is 0 Å². The second-order valence-corrected chi connectivity index (χ2v) is 5.47. The highest BCUT2D eigenvalue weighted by Gasteiger charge is 2.17. The van der Waals surface area contributed by atoms with Crippen molar-refractivity contribution < 1.29 is 9.18 Å². The van der Waals surface area contributed by atoms with Crippen LogP contribution in [-0.2, 0) is 0 Å². The van der Waals surface area contributed by atoms with Gasteiger partial charge in [-0.1, -0.05) is 12.8 Å². The molecule has 0 heterocycles. The molecule has 0 bridgehead atoms. The van der Waals surface area contributed by atoms with Gasteiger partial charge in [-0.2, -0.15) is 0 Å². The van der Waals surface area contributed by atoms with Crippen LogP contribution in [0.25, 0.3) is 0 Å². The summed E-state index contributed by atoms with van der Waals surface area (Å²) in [5.74, 6) is -0.339. The predicted octanol–water partition coefficient (Wildman–Crippen LogP) is 3.96. The molecule has 0 atom stereocenters. The number of nitrogens with one attached hydrogen (secondary N) is 2. The highest BCUT2D eigenvalue weighted by molar-refractivity contribution is 9.10. The summed E-state index contributed by atoms with van der Waals surface area (Å²) in [7, 11) is 0. The zero-order valence-electron chi connectivity index (χ0n) is 10.2. The minimum absolute atomic E-state index is 0.255. The fourth-order valence-electron chi connectivity index (χ4n) is 2.20. The van der Waals surface area contributed by atoms with Crippen LogP contribution in [0, 0.1) is 12.7 Å². The van der Waals surface area contributed by atoms with E-state index < -0.39 is 0 Å². The number of urea groups is 1. The lowest BCUT2D eigenvalue weighted by Crippen LogP contribution is -2.36. The van der Waals surface area contributed by atoms with Crippen LogP contribution in [0.15, 0.2) is 16.6 Å². The molecule has 1 saturated carbocycles. The van der Waals surface area contributed by atoms with Gasteiger partial charge in [0, 0.05) is 17.3 Å². The van der Waals surface area contributed by atoms with Crippen LogP contribution in [-0.4, -0.2) is 12.1 Å². The zero-order chi connectivity index (χ0) is 13.1. The average molecular weight is 315 g/mol. The molecular formula is C13H16BrFN2O. The second kappa shape index (κ2) is 5.69. The zero-order valence-corrected chi connectivity index (χ0v) is 11.8. The molecule has 2 N–H and O–H groups in total. The minimum Gasteiger partial charge on any atom is -0.335 e. The number of rotatable bonds is 2. The molecule has 0 spiro atoms. The Bertz CT molecular complexity index is 459. The molecule has 0 aromatic heterocycles. The van der Waals surface area contributed by atoms with E-state index in [0.29, 0.717) is 15.7 Å². The summed E-state index contributed by atoms with van der Waals surface area (Å²) in [6, 6.07) is 3.28. The Morgan fingerprint density at radius 3 is 2.72 bits per heavy atom. The first-order chi connectivity index (χ1) is 8.58. The number of carbonyl (C=O) groups excluding carboxylic acids is 1. The number of anilines is 1. The Kier molecular flexibility index (Phi) is 4.22. The molecule has 1 aliphatic carbocycles. The Morgan fingerprint density at radius 1 is 1.39 bits per heavy atom. The molecule has 0 saturated heterocycles. The molecule has 0 radical (unpaired) electrons. The quantitative estimate of drug-likeness (QED) is 0.852. The Labute approximate surface area is 114 Å². The second-order valence-electron chi connectivity index (χ2n) is 4.61. The number of halogens is 2. The van der Waals surface area contributed by atoms with Gasteiger partial charge in [-0.15, -0.1) is 0 Å². The lowest BCUT2D eigenvalue weighted by molar-refractivity contribution is 0.248. The van der Waals surface area contributed by atoms with Crippen molar-refractivity contribution in [2.75, 3.05) is 5.32 Å². The van der Waals surface area contributed by atoms with Crippen molar-refractivity contribution in [3.05, 3.63) is 28.0 Å². The van der Waals surface area contributed by atoms with Gasteiger partial charge in [0.05, 0.1) is 4.47 Å². The van der Waals surface area contributed by atoms with Gasteiger partial charge >= 0.3 is 6.03 Å². The van der Waals surface area contributed by atoms with Gasteiger partial charge in [-0.3, -0.25) is 0 Å². The maximum Gasteiger partial charge on any atom is 0.319 e. The molecule has 2 rings (SSSR count). The van der Waals surface area contributed by atoms with E-state index in [1.54, 1.807) is 19.1 Å². The van der Waals surface area contributed by atoms with E-state index in [0.717, 1.165) is 25.7 Å². The molecule has 1 aromatic rings. The lowest BCUT2D eigenvalue weighted by atomic mass is 10.2. The van der Waals surface area contributed by atoms with Gasteiger partial charge in [-0.05, 0) is 47.8 Å². The SMILES string of the molecule is Cc1c(NC(=O)NC2CCCC2)ccc(Br)c1F. The van der Waals surface area contributed by atoms with Crippen LogP contribution in [0.1, 0.15) is 31.2 Å². The first kappa shape index (κ1) is 13.3. The molecule has 18 heavy (non-hydrogen) atoms. The van der Waals surface area contributed by atoms with Crippen molar-refractivity contribution in [3.8, 4) is 0 Å². The largest absolute Gasteiger partial charge is 0.335 e. The van der Waals surface area contributed by atoms with Crippen molar-refractivity contribution in [2.24, 2.45) is 0 Å². The molecule has 98 valence electrons. The van der Waals surface area contributed by atoms with Crippen LogP contribution in [0.3, 0.4) is 0 Å². The number of hydrogen-bond acceptors (Lipinski definition) is 1. The summed E-state index contributed by atoms with van der Waals surface area (Å²) < 4.78 is 14.0. The van der Waals surface area contributed by atoms with E-state index in [1.807, 2.05) is 0 Å². The van der Waals surface area contributed by atoms with Crippen molar-refractivity contribution in [2.45, 2.75) is 38.6 Å². The summed E-state index contributed by atoms with van der Waals surface area (Å²) in [6.07, 6.45) is 4.38. The lowest BCUT2D eigenvalue weighted by Gasteiger charge is -2.14. The summed E-state index contributed by atoms with van der Waals surface area (Å²) in [5, 5.41) is 5.60. The minimum atomic E-state index is -0.339. The summed E-state index contributed by atoms with van der Waals surface area (Å²) >= 11 is 3.11. The predicted molar refractivity (Wildman–Crippen MR) is 73.2 cm³/mol. The molecule has 5 heteroatoms. The summed E-state index contributed by atoms with van der Waals surface area (Å²) in [4.78, 5) is 11.8. The highest BCUT2D eigenvalue weighted by Crippen LogP contribution is 2.25. The third-order valence-electron chi connectivity index (χ3n) is 3.28. The first-order valence-corrected chi connectivity index (χ1v) is 6.89. The fourth-order valence-corrected chi connectivity index (χ4v) is 2.63. The van der Waals surface area contributed by atoms with Gasteiger partial charge in [-0.25, -0.2) is 9.18 Å². The van der Waals surface area contributed by atoms with Gasteiger partial charge in [0.2, 0.25) is 0 Å². The maximum absolute atomic E-state index is 13.6. The van der Waals surface area contributed by atoms with Crippen LogP contribution in [0.2, 0.25) is 0 Å². The molecular weight excluding hydrogens is 299 g/mol. The maximum atomic E-state index is 13.6. The summed E-state index contributed by atoms with van der Waals surface area (Å²) in [5.41, 5.74) is 0.942. The molecule has 0 unspecified atom stereocenters. The average Bonchev–Trinajstić information content (AvgIpc) is 2.83. The standard InChI is InChI=1S/C13H16BrFN2O/c1-8-11(7-6-10(14)12(8)15)17-13(18)16-9-4-2-3-5-9/h6-7,9H,2-5H2,1H3,(H2,16,17,18). The van der Waals surface area contributed by atoms with E-state index in [9.17, 15) is 9.18 Å². The molecule has 3 nitrogen and oxygen atoms in total. The van der Waals surface area contributed by atoms with Gasteiger partial charge < -0.3 is 10.6 Å². The topological polar surface area (TPSA) is 41.1 Å². The van der Waals surface area contributed by atoms with Crippen molar-refractivity contribution in [1.29, 1.82) is 0 Å². The van der Waals surface area contributed by atoms with Crippen molar-refractivity contribution >= 4 is 27.6 Å². The normalized spacial score (nSPS) is 15.7. The van der Waals surface area contributed by atoms with E-state index in [4.69, 9.17) is 0 Å². The fraction of sp³-hybridized carbons (Fsp3) is 0.462. The Hall–Kier alpha value is -1.10. The molecule has 1 aliphatic rings. The number of carbonyl (C=O) groups is 1. The molecule has 2 amide bonds. The first-order valence-electron chi connectivity index (χ1n) is 6.10. The van der Waals surface area contributed by atoms with E-state index in [2.05, 4.69) is 26.6 Å². The monoisotopic (exact) mass is 314 g/mol. The third kappa shape index (κ3) is 3.02.